The standard InChI is InChI=1S/C17H36N2O2/c1-7-9-10-12-19(14(3)4)15(5)13-17(6,16(20)21)18-11-8-2/h14-15,18H,7-13H2,1-6H3,(H,20,21). The summed E-state index contributed by atoms with van der Waals surface area (Å²) in [7, 11) is 0. The number of nitrogens with zero attached hydrogens (tertiary/aromatic N) is 1. The van der Waals surface area contributed by atoms with Crippen LogP contribution < -0.4 is 5.32 Å². The topological polar surface area (TPSA) is 52.6 Å². The van der Waals surface area contributed by atoms with E-state index in [9.17, 15) is 9.90 Å². The van der Waals surface area contributed by atoms with Crippen LogP contribution in [0.5, 0.6) is 0 Å². The highest BCUT2D eigenvalue weighted by molar-refractivity contribution is 5.78. The zero-order valence-electron chi connectivity index (χ0n) is 14.9. The van der Waals surface area contributed by atoms with Crippen LogP contribution in [0.4, 0.5) is 0 Å². The number of carbonyl (C=O) groups is 1. The van der Waals surface area contributed by atoms with Gasteiger partial charge in [-0.2, -0.15) is 0 Å². The molecule has 0 bridgehead atoms. The van der Waals surface area contributed by atoms with Crippen molar-refractivity contribution < 1.29 is 9.90 Å². The van der Waals surface area contributed by atoms with Crippen molar-refractivity contribution >= 4 is 5.97 Å². The molecule has 0 saturated carbocycles. The van der Waals surface area contributed by atoms with E-state index in [0.717, 1.165) is 19.5 Å². The Morgan fingerprint density at radius 2 is 1.81 bits per heavy atom. The summed E-state index contributed by atoms with van der Waals surface area (Å²) in [5.41, 5.74) is -0.840. The van der Waals surface area contributed by atoms with Crippen molar-refractivity contribution in [2.75, 3.05) is 13.1 Å². The third kappa shape index (κ3) is 7.28. The minimum Gasteiger partial charge on any atom is -0.480 e. The Labute approximate surface area is 131 Å². The molecule has 0 aromatic heterocycles. The van der Waals surface area contributed by atoms with Crippen LogP contribution >= 0.6 is 0 Å². The lowest BCUT2D eigenvalue weighted by Gasteiger charge is -2.37. The van der Waals surface area contributed by atoms with Crippen LogP contribution in [0, 0.1) is 0 Å². The second kappa shape index (κ2) is 10.2. The van der Waals surface area contributed by atoms with E-state index in [1.807, 2.05) is 6.92 Å². The highest BCUT2D eigenvalue weighted by Gasteiger charge is 2.35. The summed E-state index contributed by atoms with van der Waals surface area (Å²) in [6.45, 7) is 14.4. The third-order valence-electron chi connectivity index (χ3n) is 4.19. The van der Waals surface area contributed by atoms with Crippen LogP contribution in [-0.2, 0) is 4.79 Å². The summed E-state index contributed by atoms with van der Waals surface area (Å²) >= 11 is 0. The van der Waals surface area contributed by atoms with Gasteiger partial charge < -0.3 is 10.4 Å². The molecule has 0 aliphatic carbocycles. The summed E-state index contributed by atoms with van der Waals surface area (Å²) in [6.07, 6.45) is 5.21. The van der Waals surface area contributed by atoms with Crippen molar-refractivity contribution in [2.24, 2.45) is 0 Å². The maximum absolute atomic E-state index is 11.6. The van der Waals surface area contributed by atoms with E-state index in [0.29, 0.717) is 12.5 Å². The normalized spacial score (nSPS) is 16.2. The Hall–Kier alpha value is -0.610. The summed E-state index contributed by atoms with van der Waals surface area (Å²) in [6, 6.07) is 0.702. The monoisotopic (exact) mass is 300 g/mol. The molecule has 2 unspecified atom stereocenters. The molecular formula is C17H36N2O2. The van der Waals surface area contributed by atoms with Gasteiger partial charge in [-0.15, -0.1) is 0 Å². The van der Waals surface area contributed by atoms with E-state index >= 15 is 0 Å². The fraction of sp³-hybridized carbons (Fsp3) is 0.941. The quantitative estimate of drug-likeness (QED) is 0.542. The molecule has 0 amide bonds. The minimum absolute atomic E-state index is 0.257. The zero-order valence-corrected chi connectivity index (χ0v) is 14.9. The SMILES string of the molecule is CCCCCN(C(C)C)C(C)CC(C)(NCCC)C(=O)O. The molecule has 0 spiro atoms. The Bertz CT molecular complexity index is 295. The maximum atomic E-state index is 11.6. The number of carboxylic acid groups (broad SMARTS) is 1. The predicted octanol–water partition coefficient (Wildman–Crippen LogP) is 3.51. The largest absolute Gasteiger partial charge is 0.480 e. The van der Waals surface area contributed by atoms with Crippen molar-refractivity contribution in [1.29, 1.82) is 0 Å². The van der Waals surface area contributed by atoms with E-state index in [1.165, 1.54) is 19.3 Å². The number of hydrogen-bond acceptors (Lipinski definition) is 3. The van der Waals surface area contributed by atoms with Gasteiger partial charge >= 0.3 is 5.97 Å². The summed E-state index contributed by atoms with van der Waals surface area (Å²) in [5.74, 6) is -0.750. The van der Waals surface area contributed by atoms with E-state index in [1.54, 1.807) is 0 Å². The van der Waals surface area contributed by atoms with Crippen LogP contribution in [-0.4, -0.2) is 46.7 Å². The van der Waals surface area contributed by atoms with E-state index in [2.05, 4.69) is 44.8 Å². The first-order chi connectivity index (χ1) is 9.78. The Morgan fingerprint density at radius 3 is 2.24 bits per heavy atom. The summed E-state index contributed by atoms with van der Waals surface area (Å²) in [4.78, 5) is 14.1. The van der Waals surface area contributed by atoms with Gasteiger partial charge in [-0.05, 0) is 60.0 Å². The highest BCUT2D eigenvalue weighted by Crippen LogP contribution is 2.19. The number of nitrogens with one attached hydrogen (secondary N) is 1. The Balaban J connectivity index is 4.74. The van der Waals surface area contributed by atoms with Gasteiger partial charge in [-0.3, -0.25) is 9.69 Å². The van der Waals surface area contributed by atoms with Gasteiger partial charge in [0.1, 0.15) is 5.54 Å². The van der Waals surface area contributed by atoms with E-state index in [-0.39, 0.29) is 6.04 Å². The highest BCUT2D eigenvalue weighted by atomic mass is 16.4. The Morgan fingerprint density at radius 1 is 1.19 bits per heavy atom. The van der Waals surface area contributed by atoms with Gasteiger partial charge in [0.05, 0.1) is 0 Å². The summed E-state index contributed by atoms with van der Waals surface area (Å²) in [5, 5.41) is 12.8. The molecule has 0 radical (unpaired) electrons. The third-order valence-corrected chi connectivity index (χ3v) is 4.19. The number of hydrogen-bond donors (Lipinski definition) is 2. The number of rotatable bonds is 12. The van der Waals surface area contributed by atoms with Crippen molar-refractivity contribution in [2.45, 2.75) is 91.3 Å². The predicted molar refractivity (Wildman–Crippen MR) is 89.8 cm³/mol. The van der Waals surface area contributed by atoms with Gasteiger partial charge in [-0.1, -0.05) is 26.7 Å². The van der Waals surface area contributed by atoms with Gasteiger partial charge in [0.25, 0.3) is 0 Å². The summed E-state index contributed by atoms with van der Waals surface area (Å²) < 4.78 is 0. The molecule has 0 aliphatic rings. The molecule has 4 nitrogen and oxygen atoms in total. The number of carboxylic acids is 1. The molecule has 21 heavy (non-hydrogen) atoms. The molecule has 2 N–H and O–H groups in total. The van der Waals surface area contributed by atoms with Crippen molar-refractivity contribution in [3.05, 3.63) is 0 Å². The molecule has 0 aromatic rings. The van der Waals surface area contributed by atoms with Gasteiger partial charge in [-0.25, -0.2) is 0 Å². The maximum Gasteiger partial charge on any atom is 0.323 e. The molecule has 4 heteroatoms. The van der Waals surface area contributed by atoms with Gasteiger partial charge in [0, 0.05) is 12.1 Å². The second-order valence-corrected chi connectivity index (χ2v) is 6.66. The van der Waals surface area contributed by atoms with Crippen LogP contribution in [0.15, 0.2) is 0 Å². The fourth-order valence-electron chi connectivity index (χ4n) is 2.88. The molecule has 126 valence electrons. The lowest BCUT2D eigenvalue weighted by molar-refractivity contribution is -0.145. The van der Waals surface area contributed by atoms with Crippen LogP contribution in [0.1, 0.15) is 73.6 Å². The molecule has 0 heterocycles. The molecule has 0 fully saturated rings. The lowest BCUT2D eigenvalue weighted by atomic mass is 9.92. The molecule has 0 aromatic carbocycles. The second-order valence-electron chi connectivity index (χ2n) is 6.66. The van der Waals surface area contributed by atoms with Crippen LogP contribution in [0.2, 0.25) is 0 Å². The minimum atomic E-state index is -0.840. The van der Waals surface area contributed by atoms with Crippen LogP contribution in [0.3, 0.4) is 0 Å². The Kier molecular flexibility index (Phi) is 9.88. The fourth-order valence-corrected chi connectivity index (χ4v) is 2.88. The van der Waals surface area contributed by atoms with Crippen molar-refractivity contribution in [3.63, 3.8) is 0 Å². The average molecular weight is 300 g/mol. The number of aliphatic carboxylic acids is 1. The molecular weight excluding hydrogens is 264 g/mol. The van der Waals surface area contributed by atoms with Crippen LogP contribution in [0.25, 0.3) is 0 Å². The number of unbranched alkanes of at least 4 members (excludes halogenated alkanes) is 2. The molecule has 0 saturated heterocycles. The van der Waals surface area contributed by atoms with Crippen molar-refractivity contribution in [3.8, 4) is 0 Å². The zero-order chi connectivity index (χ0) is 16.5. The molecule has 0 aliphatic heterocycles. The van der Waals surface area contributed by atoms with Gasteiger partial charge in [0.2, 0.25) is 0 Å². The van der Waals surface area contributed by atoms with E-state index < -0.39 is 11.5 Å². The first-order valence-electron chi connectivity index (χ1n) is 8.52. The smallest absolute Gasteiger partial charge is 0.323 e. The molecule has 0 rings (SSSR count). The first kappa shape index (κ1) is 20.4. The average Bonchev–Trinajstić information content (AvgIpc) is 2.40. The van der Waals surface area contributed by atoms with Crippen molar-refractivity contribution in [1.82, 2.24) is 10.2 Å². The molecule has 2 atom stereocenters. The van der Waals surface area contributed by atoms with E-state index in [4.69, 9.17) is 0 Å². The first-order valence-corrected chi connectivity index (χ1v) is 8.52. The van der Waals surface area contributed by atoms with Gasteiger partial charge in [0.15, 0.2) is 0 Å². The lowest BCUT2D eigenvalue weighted by Crippen LogP contribution is -2.54.